The molecule has 0 radical (unpaired) electrons. The number of nitrogens with two attached hydrogens (primary N) is 1. The van der Waals surface area contributed by atoms with Gasteiger partial charge in [-0.25, -0.2) is 13.6 Å². The molecule has 32 heavy (non-hydrogen) atoms. The maximum Gasteiger partial charge on any atom is 0.238 e. The largest absolute Gasteiger partial charge is 0.394 e. The van der Waals surface area contributed by atoms with Gasteiger partial charge in [-0.2, -0.15) is 11.8 Å². The highest BCUT2D eigenvalue weighted by Crippen LogP contribution is 2.22. The number of hydrogen-bond acceptors (Lipinski definition) is 10. The second-order valence-electron chi connectivity index (χ2n) is 7.22. The van der Waals surface area contributed by atoms with E-state index in [9.17, 15) is 28.5 Å². The second kappa shape index (κ2) is 12.8. The number of nitrogens with one attached hydrogen (secondary N) is 1. The molecule has 1 aliphatic rings. The van der Waals surface area contributed by atoms with Crippen LogP contribution in [0.25, 0.3) is 0 Å². The van der Waals surface area contributed by atoms with Crippen molar-refractivity contribution in [2.45, 2.75) is 48.4 Å². The van der Waals surface area contributed by atoms with Gasteiger partial charge in [-0.05, 0) is 24.1 Å². The third-order valence-electron chi connectivity index (χ3n) is 4.82. The SMILES string of the molecule is NS(=O)(=O)c1ccc(CCNC(=O)CCSCCO[C@@H]2O[C@H](CO)[C@H](O)[C@H](O)[C@H]2O)cc1. The molecule has 182 valence electrons. The van der Waals surface area contributed by atoms with Crippen LogP contribution in [0.3, 0.4) is 0 Å². The Labute approximate surface area is 191 Å². The highest BCUT2D eigenvalue weighted by atomic mass is 32.2. The van der Waals surface area contributed by atoms with Crippen LogP contribution in [-0.2, 0) is 30.7 Å². The van der Waals surface area contributed by atoms with E-state index >= 15 is 0 Å². The fraction of sp³-hybridized carbons (Fsp3) is 0.632. The molecule has 0 aliphatic carbocycles. The number of thioether (sulfide) groups is 1. The summed E-state index contributed by atoms with van der Waals surface area (Å²) in [7, 11) is -3.72. The van der Waals surface area contributed by atoms with Gasteiger partial charge in [0.05, 0.1) is 18.1 Å². The van der Waals surface area contributed by atoms with Crippen LogP contribution in [0.1, 0.15) is 12.0 Å². The highest BCUT2D eigenvalue weighted by molar-refractivity contribution is 7.99. The molecule has 0 spiro atoms. The topological polar surface area (TPSA) is 189 Å². The van der Waals surface area contributed by atoms with E-state index in [1.165, 1.54) is 23.9 Å². The number of rotatable bonds is 12. The minimum absolute atomic E-state index is 0.0397. The smallest absolute Gasteiger partial charge is 0.238 e. The summed E-state index contributed by atoms with van der Waals surface area (Å²) in [5.74, 6) is 0.944. The first kappa shape index (κ1) is 27.0. The van der Waals surface area contributed by atoms with E-state index < -0.39 is 47.3 Å². The van der Waals surface area contributed by atoms with Gasteiger partial charge in [0.25, 0.3) is 0 Å². The van der Waals surface area contributed by atoms with Gasteiger partial charge >= 0.3 is 0 Å². The van der Waals surface area contributed by atoms with Crippen molar-refractivity contribution in [2.75, 3.05) is 31.3 Å². The summed E-state index contributed by atoms with van der Waals surface area (Å²) in [5.41, 5.74) is 0.873. The molecule has 5 atom stereocenters. The zero-order chi connectivity index (χ0) is 23.7. The Morgan fingerprint density at radius 3 is 2.44 bits per heavy atom. The Morgan fingerprint density at radius 1 is 1.12 bits per heavy atom. The lowest BCUT2D eigenvalue weighted by Gasteiger charge is -2.39. The summed E-state index contributed by atoms with van der Waals surface area (Å²) in [4.78, 5) is 11.9. The fourth-order valence-electron chi connectivity index (χ4n) is 2.98. The number of hydrogen-bond donors (Lipinski definition) is 6. The molecule has 13 heteroatoms. The average Bonchev–Trinajstić information content (AvgIpc) is 2.75. The van der Waals surface area contributed by atoms with E-state index in [2.05, 4.69) is 5.32 Å². The van der Waals surface area contributed by atoms with E-state index in [1.54, 1.807) is 12.1 Å². The van der Waals surface area contributed by atoms with Gasteiger partial charge in [-0.15, -0.1) is 0 Å². The summed E-state index contributed by atoms with van der Waals surface area (Å²) < 4.78 is 33.1. The van der Waals surface area contributed by atoms with Crippen molar-refractivity contribution in [1.29, 1.82) is 0 Å². The Bertz CT molecular complexity index is 821. The van der Waals surface area contributed by atoms with Crippen LogP contribution in [0, 0.1) is 0 Å². The maximum absolute atomic E-state index is 11.9. The van der Waals surface area contributed by atoms with Crippen molar-refractivity contribution in [2.24, 2.45) is 5.14 Å². The molecule has 1 fully saturated rings. The Morgan fingerprint density at radius 2 is 1.81 bits per heavy atom. The van der Waals surface area contributed by atoms with Crippen LogP contribution in [0.4, 0.5) is 0 Å². The summed E-state index contributed by atoms with van der Waals surface area (Å²) in [6.45, 7) is 0.0809. The molecule has 1 aromatic rings. The van der Waals surface area contributed by atoms with Gasteiger partial charge in [0.1, 0.15) is 24.4 Å². The predicted octanol–water partition coefficient (Wildman–Crippen LogP) is -2.07. The quantitative estimate of drug-likeness (QED) is 0.176. The summed E-state index contributed by atoms with van der Waals surface area (Å²) in [6.07, 6.45) is -5.65. The molecule has 0 bridgehead atoms. The van der Waals surface area contributed by atoms with E-state index in [1.807, 2.05) is 0 Å². The molecule has 0 saturated carbocycles. The molecule has 11 nitrogen and oxygen atoms in total. The van der Waals surface area contributed by atoms with Gasteiger partial charge in [0.15, 0.2) is 6.29 Å². The van der Waals surface area contributed by atoms with E-state index in [-0.39, 0.29) is 17.4 Å². The van der Waals surface area contributed by atoms with Crippen LogP contribution < -0.4 is 10.5 Å². The number of carbonyl (C=O) groups excluding carboxylic acids is 1. The summed E-state index contributed by atoms with van der Waals surface area (Å²) in [6, 6.07) is 6.15. The normalized spacial score (nSPS) is 26.1. The van der Waals surface area contributed by atoms with Gasteiger partial charge in [0, 0.05) is 24.5 Å². The van der Waals surface area contributed by atoms with E-state index in [0.717, 1.165) is 5.56 Å². The molecule has 1 aromatic carbocycles. The minimum Gasteiger partial charge on any atom is -0.394 e. The number of amides is 1. The van der Waals surface area contributed by atoms with Crippen molar-refractivity contribution < 1.29 is 43.1 Å². The first-order chi connectivity index (χ1) is 15.1. The second-order valence-corrected chi connectivity index (χ2v) is 10.0. The lowest BCUT2D eigenvalue weighted by atomic mass is 9.99. The molecule has 1 amide bonds. The fourth-order valence-corrected chi connectivity index (χ4v) is 4.24. The number of primary sulfonamides is 1. The lowest BCUT2D eigenvalue weighted by molar-refractivity contribution is -0.299. The highest BCUT2D eigenvalue weighted by Gasteiger charge is 2.43. The summed E-state index contributed by atoms with van der Waals surface area (Å²) in [5, 5.41) is 46.3. The number of carbonyl (C=O) groups is 1. The molecule has 0 unspecified atom stereocenters. The zero-order valence-electron chi connectivity index (χ0n) is 17.4. The standard InChI is InChI=1S/C19H30N2O9S2/c20-32(27,28)13-3-1-12(2-4-13)5-7-21-15(23)6-9-31-10-8-29-19-18(26)17(25)16(24)14(11-22)30-19/h1-4,14,16-19,22,24-26H,5-11H2,(H,21,23)(H2,20,27,28)/t14-,16+,17+,18-,19-/m1/s1. The molecule has 1 aliphatic heterocycles. The van der Waals surface area contributed by atoms with Crippen LogP contribution >= 0.6 is 11.8 Å². The molecule has 1 saturated heterocycles. The Balaban J connectivity index is 1.56. The van der Waals surface area contributed by atoms with Gasteiger partial charge in [0.2, 0.25) is 15.9 Å². The number of ether oxygens (including phenoxy) is 2. The van der Waals surface area contributed by atoms with E-state index in [4.69, 9.17) is 19.7 Å². The molecule has 7 N–H and O–H groups in total. The van der Waals surface area contributed by atoms with Crippen molar-refractivity contribution in [3.05, 3.63) is 29.8 Å². The number of sulfonamides is 1. The number of aliphatic hydroxyl groups excluding tert-OH is 4. The van der Waals surface area contributed by atoms with Crippen LogP contribution in [0.15, 0.2) is 29.2 Å². The monoisotopic (exact) mass is 494 g/mol. The molecule has 2 rings (SSSR count). The van der Waals surface area contributed by atoms with Crippen molar-refractivity contribution >= 4 is 27.7 Å². The summed E-state index contributed by atoms with van der Waals surface area (Å²) >= 11 is 1.46. The van der Waals surface area contributed by atoms with Crippen LogP contribution in [0.2, 0.25) is 0 Å². The number of benzene rings is 1. The van der Waals surface area contributed by atoms with Crippen molar-refractivity contribution in [1.82, 2.24) is 5.32 Å². The first-order valence-corrected chi connectivity index (χ1v) is 12.7. The maximum atomic E-state index is 11.9. The molecular weight excluding hydrogens is 464 g/mol. The predicted molar refractivity (Wildman–Crippen MR) is 116 cm³/mol. The molecule has 0 aromatic heterocycles. The third-order valence-corrected chi connectivity index (χ3v) is 6.70. The minimum atomic E-state index is -3.72. The lowest BCUT2D eigenvalue weighted by Crippen LogP contribution is -2.59. The van der Waals surface area contributed by atoms with Crippen molar-refractivity contribution in [3.8, 4) is 0 Å². The Kier molecular flexibility index (Phi) is 10.8. The number of aliphatic hydroxyl groups is 4. The van der Waals surface area contributed by atoms with Crippen LogP contribution in [0.5, 0.6) is 0 Å². The zero-order valence-corrected chi connectivity index (χ0v) is 19.0. The molecular formula is C19H30N2O9S2. The van der Waals surface area contributed by atoms with Crippen molar-refractivity contribution in [3.63, 3.8) is 0 Å². The first-order valence-electron chi connectivity index (χ1n) is 10.0. The Hall–Kier alpha value is -1.29. The van der Waals surface area contributed by atoms with Gasteiger partial charge in [-0.3, -0.25) is 4.79 Å². The molecule has 1 heterocycles. The van der Waals surface area contributed by atoms with E-state index in [0.29, 0.717) is 30.9 Å². The average molecular weight is 495 g/mol. The van der Waals surface area contributed by atoms with Crippen LogP contribution in [-0.4, -0.2) is 96.7 Å². The third kappa shape index (κ3) is 8.24. The van der Waals surface area contributed by atoms with Gasteiger partial charge < -0.3 is 35.2 Å². The van der Waals surface area contributed by atoms with Gasteiger partial charge in [-0.1, -0.05) is 12.1 Å².